The first-order chi connectivity index (χ1) is 10.0. The predicted octanol–water partition coefficient (Wildman–Crippen LogP) is 3.34. The number of hydrogen-bond acceptors (Lipinski definition) is 3. The van der Waals surface area contributed by atoms with Crippen molar-refractivity contribution in [2.24, 2.45) is 0 Å². The van der Waals surface area contributed by atoms with Crippen LogP contribution in [-0.4, -0.2) is 34.4 Å². The molecule has 118 valence electrons. The predicted molar refractivity (Wildman–Crippen MR) is 80.9 cm³/mol. The van der Waals surface area contributed by atoms with Gasteiger partial charge in [-0.3, -0.25) is 0 Å². The second-order valence-electron chi connectivity index (χ2n) is 4.71. The Morgan fingerprint density at radius 1 is 0.810 bits per heavy atom. The van der Waals surface area contributed by atoms with Crippen LogP contribution in [0.2, 0.25) is 0 Å². The highest BCUT2D eigenvalue weighted by atomic mass is 16.4. The topological polar surface area (TPSA) is 94.8 Å². The third kappa shape index (κ3) is 6.90. The lowest BCUT2D eigenvalue weighted by Crippen LogP contribution is -2.06. The zero-order valence-corrected chi connectivity index (χ0v) is 12.6. The lowest BCUT2D eigenvalue weighted by atomic mass is 10.0. The molecule has 0 saturated heterocycles. The summed E-state index contributed by atoms with van der Waals surface area (Å²) in [7, 11) is 1.00. The van der Waals surface area contributed by atoms with E-state index in [4.69, 9.17) is 15.3 Å². The van der Waals surface area contributed by atoms with E-state index in [1.165, 1.54) is 63.6 Å². The standard InChI is InChI=1S/C9H8O4.C6H12.CH4O/c1-5-6(8(10)11)3-2-4-7(5)9(12)13;1-2-4-6-5-3-1;1-2/h2-4H,1H3,(H,10,11)(H,12,13);1-6H2;2H,1H3. The zero-order valence-electron chi connectivity index (χ0n) is 12.6. The molecule has 0 atom stereocenters. The Bertz CT molecular complexity index is 406. The molecule has 1 fully saturated rings. The van der Waals surface area contributed by atoms with Gasteiger partial charge in [0, 0.05) is 7.11 Å². The monoisotopic (exact) mass is 296 g/mol. The molecule has 1 aromatic carbocycles. The molecule has 5 heteroatoms. The quantitative estimate of drug-likeness (QED) is 0.778. The van der Waals surface area contributed by atoms with E-state index in [-0.39, 0.29) is 16.7 Å². The fraction of sp³-hybridized carbons (Fsp3) is 0.500. The molecule has 21 heavy (non-hydrogen) atoms. The molecule has 0 spiro atoms. The molecule has 0 aromatic heterocycles. The average Bonchev–Trinajstić information content (AvgIpc) is 2.51. The van der Waals surface area contributed by atoms with E-state index in [1.807, 2.05) is 0 Å². The van der Waals surface area contributed by atoms with Crippen LogP contribution in [0, 0.1) is 6.92 Å². The molecule has 5 nitrogen and oxygen atoms in total. The van der Waals surface area contributed by atoms with Crippen LogP contribution in [-0.2, 0) is 0 Å². The summed E-state index contributed by atoms with van der Waals surface area (Å²) in [6.45, 7) is 1.48. The number of carboxylic acids is 2. The van der Waals surface area contributed by atoms with Gasteiger partial charge in [-0.2, -0.15) is 0 Å². The summed E-state index contributed by atoms with van der Waals surface area (Å²) in [5, 5.41) is 24.4. The Balaban J connectivity index is 0.000000416. The summed E-state index contributed by atoms with van der Waals surface area (Å²) >= 11 is 0. The Morgan fingerprint density at radius 3 is 1.33 bits per heavy atom. The molecule has 0 bridgehead atoms. The van der Waals surface area contributed by atoms with Crippen LogP contribution in [0.3, 0.4) is 0 Å². The molecule has 1 saturated carbocycles. The summed E-state index contributed by atoms with van der Waals surface area (Å²) in [5.74, 6) is -2.22. The zero-order chi connectivity index (χ0) is 16.3. The van der Waals surface area contributed by atoms with Gasteiger partial charge in [-0.15, -0.1) is 0 Å². The van der Waals surface area contributed by atoms with Crippen LogP contribution < -0.4 is 0 Å². The van der Waals surface area contributed by atoms with Crippen molar-refractivity contribution in [3.05, 3.63) is 34.9 Å². The maximum absolute atomic E-state index is 10.6. The second-order valence-corrected chi connectivity index (χ2v) is 4.71. The van der Waals surface area contributed by atoms with Gasteiger partial charge in [-0.1, -0.05) is 44.6 Å². The number of carbonyl (C=O) groups is 2. The molecular weight excluding hydrogens is 272 g/mol. The van der Waals surface area contributed by atoms with Crippen molar-refractivity contribution < 1.29 is 24.9 Å². The van der Waals surface area contributed by atoms with Crippen molar-refractivity contribution in [3.8, 4) is 0 Å². The number of rotatable bonds is 2. The largest absolute Gasteiger partial charge is 0.478 e. The van der Waals surface area contributed by atoms with E-state index < -0.39 is 11.9 Å². The highest BCUT2D eigenvalue weighted by Gasteiger charge is 2.13. The molecule has 0 heterocycles. The minimum atomic E-state index is -1.11. The fourth-order valence-corrected chi connectivity index (χ4v) is 2.16. The maximum atomic E-state index is 10.6. The van der Waals surface area contributed by atoms with Gasteiger partial charge in [0.05, 0.1) is 11.1 Å². The molecule has 3 N–H and O–H groups in total. The first-order valence-corrected chi connectivity index (χ1v) is 7.05. The number of benzene rings is 1. The second kappa shape index (κ2) is 10.9. The number of aliphatic hydroxyl groups is 1. The third-order valence-electron chi connectivity index (χ3n) is 3.29. The summed E-state index contributed by atoms with van der Waals surface area (Å²) in [5.41, 5.74) is 0.335. The Hall–Kier alpha value is -1.88. The molecular formula is C16H24O5. The van der Waals surface area contributed by atoms with Gasteiger partial charge in [-0.05, 0) is 24.6 Å². The van der Waals surface area contributed by atoms with Crippen LogP contribution in [0.15, 0.2) is 18.2 Å². The van der Waals surface area contributed by atoms with Crippen LogP contribution in [0.25, 0.3) is 0 Å². The van der Waals surface area contributed by atoms with Crippen molar-refractivity contribution in [2.75, 3.05) is 7.11 Å². The molecule has 0 aliphatic heterocycles. The van der Waals surface area contributed by atoms with Gasteiger partial charge in [0.25, 0.3) is 0 Å². The van der Waals surface area contributed by atoms with E-state index in [2.05, 4.69) is 0 Å². The van der Waals surface area contributed by atoms with Crippen molar-refractivity contribution in [1.82, 2.24) is 0 Å². The van der Waals surface area contributed by atoms with Gasteiger partial charge in [0.2, 0.25) is 0 Å². The summed E-state index contributed by atoms with van der Waals surface area (Å²) in [6, 6.07) is 4.17. The molecule has 0 amide bonds. The van der Waals surface area contributed by atoms with Gasteiger partial charge in [0.1, 0.15) is 0 Å². The highest BCUT2D eigenvalue weighted by molar-refractivity contribution is 5.96. The van der Waals surface area contributed by atoms with Crippen molar-refractivity contribution in [2.45, 2.75) is 45.4 Å². The minimum absolute atomic E-state index is 0.0277. The summed E-state index contributed by atoms with van der Waals surface area (Å²) in [4.78, 5) is 21.2. The number of aliphatic hydroxyl groups excluding tert-OH is 1. The Kier molecular flexibility index (Phi) is 9.88. The summed E-state index contributed by atoms with van der Waals surface area (Å²) in [6.07, 6.45) is 9.00. The van der Waals surface area contributed by atoms with Gasteiger partial charge in [0.15, 0.2) is 0 Å². The normalized spacial score (nSPS) is 13.1. The van der Waals surface area contributed by atoms with E-state index in [0.717, 1.165) is 7.11 Å². The Morgan fingerprint density at radius 2 is 1.10 bits per heavy atom. The van der Waals surface area contributed by atoms with E-state index >= 15 is 0 Å². The molecule has 0 radical (unpaired) electrons. The minimum Gasteiger partial charge on any atom is -0.478 e. The lowest BCUT2D eigenvalue weighted by Gasteiger charge is -2.05. The maximum Gasteiger partial charge on any atom is 0.335 e. The lowest BCUT2D eigenvalue weighted by molar-refractivity contribution is 0.0696. The summed E-state index contributed by atoms with van der Waals surface area (Å²) < 4.78 is 0. The van der Waals surface area contributed by atoms with Gasteiger partial charge < -0.3 is 15.3 Å². The van der Waals surface area contributed by atoms with Crippen molar-refractivity contribution >= 4 is 11.9 Å². The van der Waals surface area contributed by atoms with Crippen molar-refractivity contribution in [1.29, 1.82) is 0 Å². The number of hydrogen-bond donors (Lipinski definition) is 3. The van der Waals surface area contributed by atoms with Gasteiger partial charge in [-0.25, -0.2) is 9.59 Å². The average molecular weight is 296 g/mol. The van der Waals surface area contributed by atoms with Crippen LogP contribution in [0.1, 0.15) is 64.8 Å². The highest BCUT2D eigenvalue weighted by Crippen LogP contribution is 2.15. The van der Waals surface area contributed by atoms with Gasteiger partial charge >= 0.3 is 11.9 Å². The van der Waals surface area contributed by atoms with Crippen molar-refractivity contribution in [3.63, 3.8) is 0 Å². The first-order valence-electron chi connectivity index (χ1n) is 7.05. The van der Waals surface area contributed by atoms with Crippen LogP contribution >= 0.6 is 0 Å². The SMILES string of the molecule is C1CCCCC1.CO.Cc1c(C(=O)O)cccc1C(=O)O. The van der Waals surface area contributed by atoms with E-state index in [0.29, 0.717) is 0 Å². The van der Waals surface area contributed by atoms with Crippen LogP contribution in [0.5, 0.6) is 0 Å². The number of carboxylic acid groups (broad SMARTS) is 2. The van der Waals surface area contributed by atoms with Crippen LogP contribution in [0.4, 0.5) is 0 Å². The fourth-order valence-electron chi connectivity index (χ4n) is 2.16. The first kappa shape index (κ1) is 19.1. The molecule has 1 aliphatic carbocycles. The molecule has 0 unspecified atom stereocenters. The molecule has 1 aliphatic rings. The third-order valence-corrected chi connectivity index (χ3v) is 3.29. The smallest absolute Gasteiger partial charge is 0.335 e. The number of aromatic carboxylic acids is 2. The Labute approximate surface area is 125 Å². The molecule has 1 aromatic rings. The van der Waals surface area contributed by atoms with E-state index in [9.17, 15) is 9.59 Å². The molecule has 2 rings (SSSR count). The van der Waals surface area contributed by atoms with E-state index in [1.54, 1.807) is 0 Å².